The van der Waals surface area contributed by atoms with Crippen LogP contribution in [0.3, 0.4) is 0 Å². The van der Waals surface area contributed by atoms with E-state index >= 15 is 0 Å². The Balaban J connectivity index is 1.77. The molecule has 1 aromatic rings. The van der Waals surface area contributed by atoms with Crippen molar-refractivity contribution < 1.29 is 0 Å². The molecule has 0 amide bonds. The van der Waals surface area contributed by atoms with E-state index < -0.39 is 0 Å². The van der Waals surface area contributed by atoms with Crippen molar-refractivity contribution in [3.63, 3.8) is 0 Å². The first-order chi connectivity index (χ1) is 9.66. The number of nitrogens with two attached hydrogens (primary N) is 1. The monoisotopic (exact) mass is 274 g/mol. The minimum absolute atomic E-state index is 0.181. The van der Waals surface area contributed by atoms with Crippen LogP contribution in [0.2, 0.25) is 0 Å². The smallest absolute Gasteiger partial charge is 0.0307 e. The molecule has 2 N–H and O–H groups in total. The molecule has 1 fully saturated rings. The van der Waals surface area contributed by atoms with Gasteiger partial charge in [-0.2, -0.15) is 0 Å². The molecule has 1 saturated heterocycles. The lowest BCUT2D eigenvalue weighted by Crippen LogP contribution is -2.28. The maximum absolute atomic E-state index is 6.30. The predicted octanol–water partition coefficient (Wildman–Crippen LogP) is 3.83. The highest BCUT2D eigenvalue weighted by Gasteiger charge is 2.19. The fourth-order valence-electron chi connectivity index (χ4n) is 3.26. The van der Waals surface area contributed by atoms with E-state index in [0.717, 1.165) is 24.8 Å². The highest BCUT2D eigenvalue weighted by atomic mass is 15.1. The maximum atomic E-state index is 6.30. The molecule has 1 aliphatic rings. The third-order valence-corrected chi connectivity index (χ3v) is 4.79. The summed E-state index contributed by atoms with van der Waals surface area (Å²) in [5.74, 6) is 1.75. The van der Waals surface area contributed by atoms with Gasteiger partial charge in [0, 0.05) is 6.04 Å². The van der Waals surface area contributed by atoms with Gasteiger partial charge in [-0.25, -0.2) is 0 Å². The Labute approximate surface area is 124 Å². The Morgan fingerprint density at radius 3 is 2.60 bits per heavy atom. The first-order valence-electron chi connectivity index (χ1n) is 8.19. The average Bonchev–Trinajstić information content (AvgIpc) is 2.71. The quantitative estimate of drug-likeness (QED) is 0.884. The summed E-state index contributed by atoms with van der Waals surface area (Å²) >= 11 is 0. The standard InChI is InChI=1S/C18H30N2/c1-15(2)16-9-6-12-20(13-10-16)14-11-18(19)17-7-4-3-5-8-17/h3-5,7-8,15-16,18H,6,9-14,19H2,1-2H3. The molecule has 0 aliphatic carbocycles. The summed E-state index contributed by atoms with van der Waals surface area (Å²) in [7, 11) is 0. The molecule has 0 saturated carbocycles. The van der Waals surface area contributed by atoms with Crippen molar-refractivity contribution in [2.24, 2.45) is 17.6 Å². The van der Waals surface area contributed by atoms with Crippen molar-refractivity contribution >= 4 is 0 Å². The Hall–Kier alpha value is -0.860. The highest BCUT2D eigenvalue weighted by molar-refractivity contribution is 5.18. The maximum Gasteiger partial charge on any atom is 0.0307 e. The van der Waals surface area contributed by atoms with E-state index in [0.29, 0.717) is 0 Å². The molecule has 2 heteroatoms. The third-order valence-electron chi connectivity index (χ3n) is 4.79. The molecule has 1 aromatic carbocycles. The molecule has 2 nitrogen and oxygen atoms in total. The van der Waals surface area contributed by atoms with E-state index in [1.165, 1.54) is 37.9 Å². The molecule has 2 rings (SSSR count). The molecule has 1 aliphatic heterocycles. The van der Waals surface area contributed by atoms with Crippen LogP contribution in [0.15, 0.2) is 30.3 Å². The Bertz CT molecular complexity index is 374. The van der Waals surface area contributed by atoms with E-state index in [1.807, 2.05) is 0 Å². The summed E-state index contributed by atoms with van der Waals surface area (Å²) in [6.07, 6.45) is 5.18. The van der Waals surface area contributed by atoms with Crippen molar-refractivity contribution in [1.29, 1.82) is 0 Å². The van der Waals surface area contributed by atoms with Crippen molar-refractivity contribution in [3.05, 3.63) is 35.9 Å². The largest absolute Gasteiger partial charge is 0.324 e. The molecule has 20 heavy (non-hydrogen) atoms. The van der Waals surface area contributed by atoms with Crippen LogP contribution in [0.25, 0.3) is 0 Å². The van der Waals surface area contributed by atoms with Gasteiger partial charge in [0.15, 0.2) is 0 Å². The number of benzene rings is 1. The number of hydrogen-bond donors (Lipinski definition) is 1. The summed E-state index contributed by atoms with van der Waals surface area (Å²) in [6, 6.07) is 10.7. The predicted molar refractivity (Wildman–Crippen MR) is 86.6 cm³/mol. The van der Waals surface area contributed by atoms with Gasteiger partial charge in [-0.3, -0.25) is 0 Å². The summed E-state index contributed by atoms with van der Waals surface area (Å²) in [6.45, 7) is 8.38. The average molecular weight is 274 g/mol. The van der Waals surface area contributed by atoms with Crippen LogP contribution in [0.4, 0.5) is 0 Å². The van der Waals surface area contributed by atoms with Crippen LogP contribution in [0.5, 0.6) is 0 Å². The van der Waals surface area contributed by atoms with Gasteiger partial charge in [0.1, 0.15) is 0 Å². The molecule has 2 atom stereocenters. The fourth-order valence-corrected chi connectivity index (χ4v) is 3.26. The SMILES string of the molecule is CC(C)C1CCCN(CCC(N)c2ccccc2)CC1. The number of likely N-dealkylation sites (tertiary alicyclic amines) is 1. The molecule has 112 valence electrons. The summed E-state index contributed by atoms with van der Waals surface area (Å²) in [4.78, 5) is 2.62. The zero-order chi connectivity index (χ0) is 14.4. The van der Waals surface area contributed by atoms with Crippen LogP contribution in [0, 0.1) is 11.8 Å². The van der Waals surface area contributed by atoms with Crippen molar-refractivity contribution in [2.45, 2.75) is 45.6 Å². The molecule has 1 heterocycles. The number of nitrogens with zero attached hydrogens (tertiary/aromatic N) is 1. The molecular weight excluding hydrogens is 244 g/mol. The minimum atomic E-state index is 0.181. The van der Waals surface area contributed by atoms with Crippen molar-refractivity contribution in [2.75, 3.05) is 19.6 Å². The van der Waals surface area contributed by atoms with E-state index in [9.17, 15) is 0 Å². The summed E-state index contributed by atoms with van der Waals surface area (Å²) in [5.41, 5.74) is 7.57. The topological polar surface area (TPSA) is 29.3 Å². The molecule has 2 unspecified atom stereocenters. The Morgan fingerprint density at radius 2 is 1.90 bits per heavy atom. The Morgan fingerprint density at radius 1 is 1.15 bits per heavy atom. The number of rotatable bonds is 5. The fraction of sp³-hybridized carbons (Fsp3) is 0.667. The first-order valence-corrected chi connectivity index (χ1v) is 8.19. The van der Waals surface area contributed by atoms with E-state index in [-0.39, 0.29) is 6.04 Å². The van der Waals surface area contributed by atoms with Gasteiger partial charge in [-0.05, 0) is 62.7 Å². The van der Waals surface area contributed by atoms with E-state index in [4.69, 9.17) is 5.73 Å². The second-order valence-corrected chi connectivity index (χ2v) is 6.58. The van der Waals surface area contributed by atoms with Gasteiger partial charge in [-0.15, -0.1) is 0 Å². The second kappa shape index (κ2) is 7.80. The highest BCUT2D eigenvalue weighted by Crippen LogP contribution is 2.25. The van der Waals surface area contributed by atoms with Gasteiger partial charge in [0.25, 0.3) is 0 Å². The molecule has 0 aromatic heterocycles. The third kappa shape index (κ3) is 4.60. The van der Waals surface area contributed by atoms with Crippen LogP contribution < -0.4 is 5.73 Å². The van der Waals surface area contributed by atoms with Crippen LogP contribution in [0.1, 0.15) is 51.1 Å². The van der Waals surface area contributed by atoms with Crippen molar-refractivity contribution in [3.8, 4) is 0 Å². The number of hydrogen-bond acceptors (Lipinski definition) is 2. The van der Waals surface area contributed by atoms with Gasteiger partial charge < -0.3 is 10.6 Å². The molecule has 0 bridgehead atoms. The van der Waals surface area contributed by atoms with E-state index in [2.05, 4.69) is 49.1 Å². The lowest BCUT2D eigenvalue weighted by Gasteiger charge is -2.23. The van der Waals surface area contributed by atoms with Crippen molar-refractivity contribution in [1.82, 2.24) is 4.90 Å². The van der Waals surface area contributed by atoms with Crippen LogP contribution in [-0.4, -0.2) is 24.5 Å². The lowest BCUT2D eigenvalue weighted by atomic mass is 9.89. The van der Waals surface area contributed by atoms with Crippen LogP contribution >= 0.6 is 0 Å². The first kappa shape index (κ1) is 15.5. The Kier molecular flexibility index (Phi) is 6.06. The molecule has 0 spiro atoms. The van der Waals surface area contributed by atoms with Gasteiger partial charge in [-0.1, -0.05) is 44.2 Å². The van der Waals surface area contributed by atoms with Gasteiger partial charge in [0.2, 0.25) is 0 Å². The molecular formula is C18H30N2. The summed E-state index contributed by atoms with van der Waals surface area (Å²) in [5, 5.41) is 0. The van der Waals surface area contributed by atoms with E-state index in [1.54, 1.807) is 0 Å². The lowest BCUT2D eigenvalue weighted by molar-refractivity contribution is 0.262. The zero-order valence-electron chi connectivity index (χ0n) is 13.1. The van der Waals surface area contributed by atoms with Crippen LogP contribution in [-0.2, 0) is 0 Å². The second-order valence-electron chi connectivity index (χ2n) is 6.58. The molecule has 0 radical (unpaired) electrons. The minimum Gasteiger partial charge on any atom is -0.324 e. The van der Waals surface area contributed by atoms with Gasteiger partial charge in [0.05, 0.1) is 0 Å². The zero-order valence-corrected chi connectivity index (χ0v) is 13.1. The summed E-state index contributed by atoms with van der Waals surface area (Å²) < 4.78 is 0. The van der Waals surface area contributed by atoms with Gasteiger partial charge >= 0.3 is 0 Å². The normalized spacial score (nSPS) is 22.7.